The SMILES string of the molecule is NCCCC(=O)NC1CCc2ccccc2C1. The highest BCUT2D eigenvalue weighted by molar-refractivity contribution is 5.76. The monoisotopic (exact) mass is 232 g/mol. The van der Waals surface area contributed by atoms with Gasteiger partial charge in [0.1, 0.15) is 0 Å². The van der Waals surface area contributed by atoms with Gasteiger partial charge in [0.2, 0.25) is 5.91 Å². The number of aryl methyl sites for hydroxylation is 1. The molecule has 92 valence electrons. The maximum absolute atomic E-state index is 11.6. The summed E-state index contributed by atoms with van der Waals surface area (Å²) in [5, 5.41) is 3.10. The minimum atomic E-state index is 0.139. The first-order valence-corrected chi connectivity index (χ1v) is 6.36. The van der Waals surface area contributed by atoms with E-state index < -0.39 is 0 Å². The van der Waals surface area contributed by atoms with Crippen LogP contribution < -0.4 is 11.1 Å². The second-order valence-corrected chi connectivity index (χ2v) is 4.67. The third kappa shape index (κ3) is 3.30. The highest BCUT2D eigenvalue weighted by Gasteiger charge is 2.19. The van der Waals surface area contributed by atoms with Crippen LogP contribution in [0.25, 0.3) is 0 Å². The summed E-state index contributed by atoms with van der Waals surface area (Å²) >= 11 is 0. The minimum Gasteiger partial charge on any atom is -0.353 e. The third-order valence-electron chi connectivity index (χ3n) is 3.32. The van der Waals surface area contributed by atoms with E-state index in [4.69, 9.17) is 5.73 Å². The van der Waals surface area contributed by atoms with E-state index >= 15 is 0 Å². The number of rotatable bonds is 4. The average molecular weight is 232 g/mol. The molecule has 0 saturated heterocycles. The lowest BCUT2D eigenvalue weighted by atomic mass is 9.88. The highest BCUT2D eigenvalue weighted by atomic mass is 16.1. The summed E-state index contributed by atoms with van der Waals surface area (Å²) < 4.78 is 0. The van der Waals surface area contributed by atoms with Gasteiger partial charge in [-0.1, -0.05) is 24.3 Å². The normalized spacial score (nSPS) is 18.5. The first kappa shape index (κ1) is 12.1. The Balaban J connectivity index is 1.88. The molecule has 1 aromatic carbocycles. The van der Waals surface area contributed by atoms with Crippen LogP contribution in [0.3, 0.4) is 0 Å². The molecule has 0 spiro atoms. The van der Waals surface area contributed by atoms with Crippen LogP contribution in [0.15, 0.2) is 24.3 Å². The van der Waals surface area contributed by atoms with Gasteiger partial charge in [0.05, 0.1) is 0 Å². The molecule has 3 nitrogen and oxygen atoms in total. The molecule has 1 aliphatic carbocycles. The van der Waals surface area contributed by atoms with Crippen LogP contribution in [0, 0.1) is 0 Å². The van der Waals surface area contributed by atoms with Crippen LogP contribution in [-0.4, -0.2) is 18.5 Å². The van der Waals surface area contributed by atoms with Crippen LogP contribution in [-0.2, 0) is 17.6 Å². The lowest BCUT2D eigenvalue weighted by molar-refractivity contribution is -0.121. The zero-order valence-electron chi connectivity index (χ0n) is 10.1. The van der Waals surface area contributed by atoms with E-state index in [2.05, 4.69) is 29.6 Å². The van der Waals surface area contributed by atoms with E-state index in [9.17, 15) is 4.79 Å². The van der Waals surface area contributed by atoms with Crippen LogP contribution in [0.2, 0.25) is 0 Å². The van der Waals surface area contributed by atoms with E-state index in [-0.39, 0.29) is 5.91 Å². The molecule has 1 amide bonds. The third-order valence-corrected chi connectivity index (χ3v) is 3.32. The Morgan fingerprint density at radius 2 is 2.12 bits per heavy atom. The molecule has 0 radical (unpaired) electrons. The van der Waals surface area contributed by atoms with Crippen molar-refractivity contribution >= 4 is 5.91 Å². The van der Waals surface area contributed by atoms with Crippen molar-refractivity contribution in [1.82, 2.24) is 5.32 Å². The van der Waals surface area contributed by atoms with E-state index in [1.807, 2.05) is 0 Å². The largest absolute Gasteiger partial charge is 0.353 e. The Labute approximate surface area is 102 Å². The standard InChI is InChI=1S/C14H20N2O/c15-9-3-6-14(17)16-13-8-7-11-4-1-2-5-12(11)10-13/h1-2,4-5,13H,3,6-10,15H2,(H,16,17). The average Bonchev–Trinajstić information content (AvgIpc) is 2.36. The van der Waals surface area contributed by atoms with Gasteiger partial charge in [0.15, 0.2) is 0 Å². The molecular formula is C14H20N2O. The number of fused-ring (bicyclic) bond motifs is 1. The van der Waals surface area contributed by atoms with Crippen molar-refractivity contribution < 1.29 is 4.79 Å². The van der Waals surface area contributed by atoms with Crippen LogP contribution in [0.1, 0.15) is 30.4 Å². The van der Waals surface area contributed by atoms with E-state index in [0.717, 1.165) is 25.7 Å². The zero-order chi connectivity index (χ0) is 12.1. The summed E-state index contributed by atoms with van der Waals surface area (Å²) in [6.45, 7) is 0.584. The maximum Gasteiger partial charge on any atom is 0.220 e. The van der Waals surface area contributed by atoms with E-state index in [1.54, 1.807) is 0 Å². The van der Waals surface area contributed by atoms with Gasteiger partial charge in [-0.2, -0.15) is 0 Å². The minimum absolute atomic E-state index is 0.139. The van der Waals surface area contributed by atoms with Crippen molar-refractivity contribution in [2.75, 3.05) is 6.54 Å². The van der Waals surface area contributed by atoms with Crippen LogP contribution in [0.5, 0.6) is 0 Å². The lowest BCUT2D eigenvalue weighted by Gasteiger charge is -2.25. The number of benzene rings is 1. The summed E-state index contributed by atoms with van der Waals surface area (Å²) in [5.74, 6) is 0.139. The molecular weight excluding hydrogens is 212 g/mol. The predicted molar refractivity (Wildman–Crippen MR) is 68.7 cm³/mol. The van der Waals surface area contributed by atoms with Gasteiger partial charge in [-0.25, -0.2) is 0 Å². The maximum atomic E-state index is 11.6. The molecule has 0 heterocycles. The first-order valence-electron chi connectivity index (χ1n) is 6.36. The van der Waals surface area contributed by atoms with Crippen molar-refractivity contribution in [3.05, 3.63) is 35.4 Å². The summed E-state index contributed by atoms with van der Waals surface area (Å²) in [7, 11) is 0. The number of hydrogen-bond donors (Lipinski definition) is 2. The number of nitrogens with two attached hydrogens (primary N) is 1. The highest BCUT2D eigenvalue weighted by Crippen LogP contribution is 2.20. The molecule has 0 bridgehead atoms. The van der Waals surface area contributed by atoms with Crippen LogP contribution >= 0.6 is 0 Å². The Kier molecular flexibility index (Phi) is 4.15. The predicted octanol–water partition coefficient (Wildman–Crippen LogP) is 1.40. The molecule has 3 N–H and O–H groups in total. The topological polar surface area (TPSA) is 55.1 Å². The van der Waals surface area contributed by atoms with Gasteiger partial charge in [0.25, 0.3) is 0 Å². The lowest BCUT2D eigenvalue weighted by Crippen LogP contribution is -2.38. The smallest absolute Gasteiger partial charge is 0.220 e. The van der Waals surface area contributed by atoms with Gasteiger partial charge < -0.3 is 11.1 Å². The molecule has 0 saturated carbocycles. The fraction of sp³-hybridized carbons (Fsp3) is 0.500. The second-order valence-electron chi connectivity index (χ2n) is 4.67. The molecule has 1 aliphatic rings. The molecule has 0 fully saturated rings. The van der Waals surface area contributed by atoms with E-state index in [0.29, 0.717) is 19.0 Å². The fourth-order valence-electron chi connectivity index (χ4n) is 2.38. The number of amides is 1. The molecule has 3 heteroatoms. The van der Waals surface area contributed by atoms with Crippen molar-refractivity contribution in [3.63, 3.8) is 0 Å². The molecule has 1 atom stereocenters. The second kappa shape index (κ2) is 5.82. The molecule has 1 unspecified atom stereocenters. The van der Waals surface area contributed by atoms with E-state index in [1.165, 1.54) is 11.1 Å². The number of carbonyl (C=O) groups is 1. The summed E-state index contributed by atoms with van der Waals surface area (Å²) in [4.78, 5) is 11.6. The first-order chi connectivity index (χ1) is 8.29. The Hall–Kier alpha value is -1.35. The Morgan fingerprint density at radius 3 is 2.88 bits per heavy atom. The Bertz CT molecular complexity index is 390. The van der Waals surface area contributed by atoms with Gasteiger partial charge in [-0.15, -0.1) is 0 Å². The fourth-order valence-corrected chi connectivity index (χ4v) is 2.38. The number of carbonyl (C=O) groups excluding carboxylic acids is 1. The summed E-state index contributed by atoms with van der Waals surface area (Å²) in [6, 6.07) is 8.79. The van der Waals surface area contributed by atoms with Gasteiger partial charge in [0, 0.05) is 12.5 Å². The van der Waals surface area contributed by atoms with Crippen LogP contribution in [0.4, 0.5) is 0 Å². The van der Waals surface area contributed by atoms with Crippen molar-refractivity contribution in [3.8, 4) is 0 Å². The quantitative estimate of drug-likeness (QED) is 0.824. The number of nitrogens with one attached hydrogen (secondary N) is 1. The number of hydrogen-bond acceptors (Lipinski definition) is 2. The Morgan fingerprint density at radius 1 is 1.35 bits per heavy atom. The molecule has 2 rings (SSSR count). The molecule has 0 aliphatic heterocycles. The molecule has 0 aromatic heterocycles. The van der Waals surface area contributed by atoms with Gasteiger partial charge in [-0.05, 0) is 43.4 Å². The summed E-state index contributed by atoms with van der Waals surface area (Å²) in [6.07, 6.45) is 4.40. The van der Waals surface area contributed by atoms with Gasteiger partial charge >= 0.3 is 0 Å². The van der Waals surface area contributed by atoms with Crippen molar-refractivity contribution in [1.29, 1.82) is 0 Å². The zero-order valence-corrected chi connectivity index (χ0v) is 10.1. The molecule has 1 aromatic rings. The molecule has 17 heavy (non-hydrogen) atoms. The van der Waals surface area contributed by atoms with Gasteiger partial charge in [-0.3, -0.25) is 4.79 Å². The summed E-state index contributed by atoms with van der Waals surface area (Å²) in [5.41, 5.74) is 8.20. The van der Waals surface area contributed by atoms with Crippen molar-refractivity contribution in [2.45, 2.75) is 38.1 Å². The van der Waals surface area contributed by atoms with Crippen molar-refractivity contribution in [2.24, 2.45) is 5.73 Å².